The zero-order valence-electron chi connectivity index (χ0n) is 11.7. The van der Waals surface area contributed by atoms with E-state index < -0.39 is 44.3 Å². The Kier molecular flexibility index (Phi) is 5.23. The lowest BCUT2D eigenvalue weighted by Crippen LogP contribution is -2.43. The van der Waals surface area contributed by atoms with Crippen molar-refractivity contribution in [1.29, 1.82) is 0 Å². The molecule has 0 saturated carbocycles. The van der Waals surface area contributed by atoms with E-state index in [4.69, 9.17) is 5.11 Å². The van der Waals surface area contributed by atoms with Crippen molar-refractivity contribution in [3.8, 4) is 0 Å². The molecule has 0 heterocycles. The molecule has 0 aliphatic heterocycles. The summed E-state index contributed by atoms with van der Waals surface area (Å²) in [6.45, 7) is 4.36. The van der Waals surface area contributed by atoms with E-state index in [2.05, 4.69) is 4.72 Å². The van der Waals surface area contributed by atoms with E-state index in [1.165, 1.54) is 0 Å². The zero-order valence-corrected chi connectivity index (χ0v) is 12.5. The van der Waals surface area contributed by atoms with Gasteiger partial charge in [0.2, 0.25) is 10.0 Å². The SMILES string of the molecule is CCCC(C)(C)NS(=O)(=O)c1ccc(F)c(CO)c1F. The molecule has 0 spiro atoms. The maximum absolute atomic E-state index is 14.0. The lowest BCUT2D eigenvalue weighted by atomic mass is 10.0. The molecule has 0 aromatic heterocycles. The minimum Gasteiger partial charge on any atom is -0.391 e. The van der Waals surface area contributed by atoms with Crippen LogP contribution in [0.3, 0.4) is 0 Å². The average Bonchev–Trinajstić information content (AvgIpc) is 2.27. The molecule has 7 heteroatoms. The lowest BCUT2D eigenvalue weighted by Gasteiger charge is -2.25. The number of rotatable bonds is 6. The Hall–Kier alpha value is -1.05. The molecule has 1 aromatic carbocycles. The Morgan fingerprint density at radius 1 is 1.30 bits per heavy atom. The molecule has 0 bridgehead atoms. The predicted octanol–water partition coefficient (Wildman–Crippen LogP) is 2.31. The van der Waals surface area contributed by atoms with Gasteiger partial charge in [-0.3, -0.25) is 0 Å². The molecule has 0 aliphatic rings. The molecule has 20 heavy (non-hydrogen) atoms. The average molecular weight is 307 g/mol. The van der Waals surface area contributed by atoms with Crippen molar-refractivity contribution < 1.29 is 22.3 Å². The lowest BCUT2D eigenvalue weighted by molar-refractivity contribution is 0.267. The molecule has 0 radical (unpaired) electrons. The van der Waals surface area contributed by atoms with Crippen LogP contribution < -0.4 is 4.72 Å². The highest BCUT2D eigenvalue weighted by Crippen LogP contribution is 2.23. The monoisotopic (exact) mass is 307 g/mol. The number of nitrogens with one attached hydrogen (secondary N) is 1. The Morgan fingerprint density at radius 2 is 1.90 bits per heavy atom. The minimum absolute atomic E-state index is 0.571. The van der Waals surface area contributed by atoms with Crippen molar-refractivity contribution in [1.82, 2.24) is 4.72 Å². The van der Waals surface area contributed by atoms with E-state index in [0.29, 0.717) is 6.42 Å². The van der Waals surface area contributed by atoms with Gasteiger partial charge in [-0.1, -0.05) is 13.3 Å². The molecule has 2 N–H and O–H groups in total. The number of benzene rings is 1. The fraction of sp³-hybridized carbons (Fsp3) is 0.538. The van der Waals surface area contributed by atoms with E-state index in [9.17, 15) is 17.2 Å². The summed E-state index contributed by atoms with van der Waals surface area (Å²) in [6, 6.07) is 1.68. The van der Waals surface area contributed by atoms with Crippen molar-refractivity contribution in [3.63, 3.8) is 0 Å². The molecule has 0 atom stereocenters. The van der Waals surface area contributed by atoms with Crippen molar-refractivity contribution in [2.75, 3.05) is 0 Å². The van der Waals surface area contributed by atoms with Gasteiger partial charge in [0.15, 0.2) is 5.82 Å². The molecular formula is C13H19F2NO3S. The van der Waals surface area contributed by atoms with Crippen LogP contribution in [-0.2, 0) is 16.6 Å². The highest BCUT2D eigenvalue weighted by molar-refractivity contribution is 7.89. The predicted molar refractivity (Wildman–Crippen MR) is 71.6 cm³/mol. The van der Waals surface area contributed by atoms with Crippen LogP contribution in [0.25, 0.3) is 0 Å². The van der Waals surface area contributed by atoms with Gasteiger partial charge in [0.1, 0.15) is 10.7 Å². The van der Waals surface area contributed by atoms with Crippen LogP contribution in [0.5, 0.6) is 0 Å². The van der Waals surface area contributed by atoms with Gasteiger partial charge in [-0.05, 0) is 32.4 Å². The Balaban J connectivity index is 3.24. The highest BCUT2D eigenvalue weighted by Gasteiger charge is 2.29. The first-order valence-corrected chi connectivity index (χ1v) is 7.74. The van der Waals surface area contributed by atoms with Gasteiger partial charge in [0.25, 0.3) is 0 Å². The first kappa shape index (κ1) is 17.0. The van der Waals surface area contributed by atoms with Gasteiger partial charge >= 0.3 is 0 Å². The molecule has 0 unspecified atom stereocenters. The summed E-state index contributed by atoms with van der Waals surface area (Å²) in [6.07, 6.45) is 1.32. The van der Waals surface area contributed by atoms with Crippen molar-refractivity contribution in [2.45, 2.75) is 50.7 Å². The largest absolute Gasteiger partial charge is 0.391 e. The Morgan fingerprint density at radius 3 is 2.40 bits per heavy atom. The van der Waals surface area contributed by atoms with Gasteiger partial charge in [-0.15, -0.1) is 0 Å². The van der Waals surface area contributed by atoms with Gasteiger partial charge in [0.05, 0.1) is 12.2 Å². The van der Waals surface area contributed by atoms with E-state index in [1.54, 1.807) is 13.8 Å². The first-order valence-electron chi connectivity index (χ1n) is 6.26. The first-order chi connectivity index (χ1) is 9.14. The van der Waals surface area contributed by atoms with Gasteiger partial charge in [-0.25, -0.2) is 21.9 Å². The third-order valence-corrected chi connectivity index (χ3v) is 4.60. The summed E-state index contributed by atoms with van der Waals surface area (Å²) in [4.78, 5) is -0.660. The second-order valence-electron chi connectivity index (χ2n) is 5.24. The smallest absolute Gasteiger partial charge is 0.243 e. The van der Waals surface area contributed by atoms with E-state index >= 15 is 0 Å². The molecule has 114 valence electrons. The van der Waals surface area contributed by atoms with Crippen LogP contribution in [0, 0.1) is 11.6 Å². The number of sulfonamides is 1. The maximum atomic E-state index is 14.0. The topological polar surface area (TPSA) is 66.4 Å². The van der Waals surface area contributed by atoms with Crippen LogP contribution in [0.2, 0.25) is 0 Å². The van der Waals surface area contributed by atoms with Gasteiger partial charge < -0.3 is 5.11 Å². The number of aliphatic hydroxyl groups is 1. The second kappa shape index (κ2) is 6.15. The maximum Gasteiger partial charge on any atom is 0.243 e. The third-order valence-electron chi connectivity index (χ3n) is 2.88. The number of halogens is 2. The summed E-state index contributed by atoms with van der Waals surface area (Å²) in [5.74, 6) is -2.23. The number of aliphatic hydroxyl groups excluding tert-OH is 1. The molecule has 0 amide bonds. The third kappa shape index (κ3) is 3.74. The number of hydrogen-bond acceptors (Lipinski definition) is 3. The standard InChI is InChI=1S/C13H19F2NO3S/c1-4-7-13(2,3)16-20(18,19)11-6-5-10(14)9(8-17)12(11)15/h5-6,16-17H,4,7-8H2,1-3H3. The van der Waals surface area contributed by atoms with Crippen LogP contribution in [0.1, 0.15) is 39.2 Å². The van der Waals surface area contributed by atoms with Crippen molar-refractivity contribution in [2.24, 2.45) is 0 Å². The fourth-order valence-corrected chi connectivity index (χ4v) is 3.57. The van der Waals surface area contributed by atoms with E-state index in [1.807, 2.05) is 6.92 Å². The molecule has 0 aliphatic carbocycles. The summed E-state index contributed by atoms with van der Waals surface area (Å²) in [5.41, 5.74) is -1.39. The molecule has 0 fully saturated rings. The van der Waals surface area contributed by atoms with Crippen LogP contribution in [0.15, 0.2) is 17.0 Å². The van der Waals surface area contributed by atoms with Gasteiger partial charge in [0, 0.05) is 5.54 Å². The summed E-state index contributed by atoms with van der Waals surface area (Å²) < 4.78 is 54.0. The van der Waals surface area contributed by atoms with E-state index in [-0.39, 0.29) is 0 Å². The molecule has 1 aromatic rings. The second-order valence-corrected chi connectivity index (χ2v) is 6.89. The molecule has 0 saturated heterocycles. The van der Waals surface area contributed by atoms with Crippen LogP contribution in [0.4, 0.5) is 8.78 Å². The molecular weight excluding hydrogens is 288 g/mol. The Labute approximate surface area is 117 Å². The zero-order chi connectivity index (χ0) is 15.6. The fourth-order valence-electron chi connectivity index (χ4n) is 2.02. The quantitative estimate of drug-likeness (QED) is 0.847. The normalized spacial score (nSPS) is 12.7. The van der Waals surface area contributed by atoms with Crippen LogP contribution >= 0.6 is 0 Å². The van der Waals surface area contributed by atoms with Gasteiger partial charge in [-0.2, -0.15) is 0 Å². The number of hydrogen-bond donors (Lipinski definition) is 2. The van der Waals surface area contributed by atoms with Crippen molar-refractivity contribution in [3.05, 3.63) is 29.3 Å². The van der Waals surface area contributed by atoms with E-state index in [0.717, 1.165) is 18.6 Å². The molecule has 4 nitrogen and oxygen atoms in total. The van der Waals surface area contributed by atoms with Crippen LogP contribution in [-0.4, -0.2) is 19.1 Å². The Bertz CT molecular complexity index is 586. The minimum atomic E-state index is -4.12. The molecule has 1 rings (SSSR count). The summed E-state index contributed by atoms with van der Waals surface area (Å²) in [7, 11) is -4.12. The summed E-state index contributed by atoms with van der Waals surface area (Å²) in [5, 5.41) is 8.91. The van der Waals surface area contributed by atoms with Crippen molar-refractivity contribution >= 4 is 10.0 Å². The summed E-state index contributed by atoms with van der Waals surface area (Å²) >= 11 is 0. The highest BCUT2D eigenvalue weighted by atomic mass is 32.2.